The summed E-state index contributed by atoms with van der Waals surface area (Å²) in [6, 6.07) is 6.01. The Morgan fingerprint density at radius 2 is 2.04 bits per heavy atom. The van der Waals surface area contributed by atoms with Gasteiger partial charge in [0, 0.05) is 37.2 Å². The Bertz CT molecular complexity index is 775. The summed E-state index contributed by atoms with van der Waals surface area (Å²) in [5, 5.41) is 10.6. The summed E-state index contributed by atoms with van der Waals surface area (Å²) < 4.78 is 0. The number of likely N-dealkylation sites (N-methyl/N-ethyl adjacent to an activating group) is 1. The maximum Gasteiger partial charge on any atom is 0.242 e. The van der Waals surface area contributed by atoms with Crippen LogP contribution in [0.4, 0.5) is 0 Å². The third-order valence-corrected chi connectivity index (χ3v) is 4.95. The number of benzene rings is 1. The Morgan fingerprint density at radius 1 is 1.32 bits per heavy atom. The van der Waals surface area contributed by atoms with E-state index in [0.717, 1.165) is 22.0 Å². The fourth-order valence-corrected chi connectivity index (χ4v) is 3.39. The van der Waals surface area contributed by atoms with Gasteiger partial charge in [-0.05, 0) is 37.0 Å². The van der Waals surface area contributed by atoms with Crippen LogP contribution in [0.5, 0.6) is 0 Å². The van der Waals surface area contributed by atoms with Gasteiger partial charge in [-0.2, -0.15) is 0 Å². The van der Waals surface area contributed by atoms with Crippen molar-refractivity contribution in [3.05, 3.63) is 35.5 Å². The van der Waals surface area contributed by atoms with Crippen LogP contribution in [-0.2, 0) is 16.0 Å². The molecule has 0 bridgehead atoms. The predicted octanol–water partition coefficient (Wildman–Crippen LogP) is 1.46. The molecule has 1 aromatic heterocycles. The molecule has 3 rings (SSSR count). The number of nitrogens with one attached hydrogen (secondary N) is 1. The average molecular weight is 343 g/mol. The van der Waals surface area contributed by atoms with Gasteiger partial charge in [0.05, 0.1) is 19.1 Å². The number of nitrogens with zero attached hydrogens (tertiary/aromatic N) is 2. The van der Waals surface area contributed by atoms with Crippen LogP contribution in [0.25, 0.3) is 10.9 Å². The zero-order chi connectivity index (χ0) is 18.0. The molecule has 6 nitrogen and oxygen atoms in total. The number of aliphatic hydroxyl groups is 1. The molecule has 6 heteroatoms. The molecule has 1 saturated heterocycles. The maximum absolute atomic E-state index is 12.5. The summed E-state index contributed by atoms with van der Waals surface area (Å²) in [6.07, 6.45) is 3.05. The molecule has 25 heavy (non-hydrogen) atoms. The third-order valence-electron chi connectivity index (χ3n) is 4.95. The second kappa shape index (κ2) is 7.27. The summed E-state index contributed by atoms with van der Waals surface area (Å²) >= 11 is 0. The number of fused-ring (bicyclic) bond motifs is 1. The number of aromatic amines is 1. The second-order valence-corrected chi connectivity index (χ2v) is 6.85. The van der Waals surface area contributed by atoms with Crippen LogP contribution in [0, 0.1) is 6.92 Å². The van der Waals surface area contributed by atoms with Crippen molar-refractivity contribution in [2.24, 2.45) is 0 Å². The topological polar surface area (TPSA) is 76.6 Å². The van der Waals surface area contributed by atoms with E-state index >= 15 is 0 Å². The van der Waals surface area contributed by atoms with Crippen LogP contribution in [0.15, 0.2) is 24.4 Å². The van der Waals surface area contributed by atoms with Crippen molar-refractivity contribution in [2.75, 3.05) is 26.7 Å². The number of aliphatic hydroxyl groups excluding tert-OH is 1. The van der Waals surface area contributed by atoms with Gasteiger partial charge in [-0.1, -0.05) is 12.1 Å². The van der Waals surface area contributed by atoms with Gasteiger partial charge in [0.25, 0.3) is 0 Å². The van der Waals surface area contributed by atoms with Crippen molar-refractivity contribution in [1.82, 2.24) is 14.8 Å². The van der Waals surface area contributed by atoms with Gasteiger partial charge in [0.15, 0.2) is 0 Å². The van der Waals surface area contributed by atoms with Crippen molar-refractivity contribution in [1.29, 1.82) is 0 Å². The van der Waals surface area contributed by atoms with Crippen molar-refractivity contribution in [2.45, 2.75) is 32.3 Å². The van der Waals surface area contributed by atoms with Crippen LogP contribution >= 0.6 is 0 Å². The van der Waals surface area contributed by atoms with Crippen LogP contribution in [0.2, 0.25) is 0 Å². The van der Waals surface area contributed by atoms with Crippen molar-refractivity contribution in [3.8, 4) is 0 Å². The first-order chi connectivity index (χ1) is 12.0. The minimum Gasteiger partial charge on any atom is -0.393 e. The van der Waals surface area contributed by atoms with Gasteiger partial charge in [0.2, 0.25) is 11.8 Å². The molecule has 0 unspecified atom stereocenters. The first-order valence-corrected chi connectivity index (χ1v) is 8.71. The number of likely N-dealkylation sites (tertiary alicyclic amines) is 1. The Morgan fingerprint density at radius 3 is 2.76 bits per heavy atom. The van der Waals surface area contributed by atoms with E-state index in [4.69, 9.17) is 0 Å². The molecule has 1 aromatic carbocycles. The molecule has 1 aliphatic rings. The summed E-state index contributed by atoms with van der Waals surface area (Å²) in [7, 11) is 1.67. The van der Waals surface area contributed by atoms with E-state index in [-0.39, 0.29) is 30.9 Å². The first kappa shape index (κ1) is 17.5. The number of hydrogen-bond donors (Lipinski definition) is 2. The van der Waals surface area contributed by atoms with Gasteiger partial charge in [-0.3, -0.25) is 9.59 Å². The molecule has 0 spiro atoms. The van der Waals surface area contributed by atoms with Gasteiger partial charge < -0.3 is 19.9 Å². The molecule has 0 saturated carbocycles. The molecular formula is C19H25N3O3. The van der Waals surface area contributed by atoms with E-state index in [1.807, 2.05) is 31.3 Å². The molecule has 2 amide bonds. The third kappa shape index (κ3) is 3.85. The van der Waals surface area contributed by atoms with Gasteiger partial charge in [-0.25, -0.2) is 0 Å². The lowest BCUT2D eigenvalue weighted by atomic mass is 10.0. The number of aryl methyl sites for hydroxylation is 1. The maximum atomic E-state index is 12.5. The lowest BCUT2D eigenvalue weighted by Crippen LogP contribution is -2.45. The van der Waals surface area contributed by atoms with E-state index < -0.39 is 0 Å². The molecule has 0 aliphatic carbocycles. The summed E-state index contributed by atoms with van der Waals surface area (Å²) in [5.41, 5.74) is 3.11. The number of piperidine rings is 1. The van der Waals surface area contributed by atoms with Crippen molar-refractivity contribution < 1.29 is 14.7 Å². The molecule has 1 aliphatic heterocycles. The Balaban J connectivity index is 1.61. The highest BCUT2D eigenvalue weighted by molar-refractivity contribution is 5.92. The molecule has 2 N–H and O–H groups in total. The molecule has 134 valence electrons. The highest BCUT2D eigenvalue weighted by atomic mass is 16.3. The monoisotopic (exact) mass is 343 g/mol. The van der Waals surface area contributed by atoms with E-state index in [9.17, 15) is 14.7 Å². The quantitative estimate of drug-likeness (QED) is 0.882. The number of H-pyrrole nitrogens is 1. The molecule has 0 radical (unpaired) electrons. The highest BCUT2D eigenvalue weighted by Gasteiger charge is 2.23. The smallest absolute Gasteiger partial charge is 0.242 e. The summed E-state index contributed by atoms with van der Waals surface area (Å²) in [5.74, 6) is -0.132. The Kier molecular flexibility index (Phi) is 5.08. The van der Waals surface area contributed by atoms with E-state index in [1.54, 1.807) is 11.9 Å². The highest BCUT2D eigenvalue weighted by Crippen LogP contribution is 2.22. The van der Waals surface area contributed by atoms with Crippen LogP contribution in [-0.4, -0.2) is 64.5 Å². The van der Waals surface area contributed by atoms with E-state index in [0.29, 0.717) is 25.9 Å². The fraction of sp³-hybridized carbons (Fsp3) is 0.474. The van der Waals surface area contributed by atoms with Crippen LogP contribution < -0.4 is 0 Å². The largest absolute Gasteiger partial charge is 0.393 e. The summed E-state index contributed by atoms with van der Waals surface area (Å²) in [4.78, 5) is 31.3. The predicted molar refractivity (Wildman–Crippen MR) is 96.2 cm³/mol. The van der Waals surface area contributed by atoms with Gasteiger partial charge >= 0.3 is 0 Å². The number of amides is 2. The Hall–Kier alpha value is -2.34. The molecular weight excluding hydrogens is 318 g/mol. The average Bonchev–Trinajstić information content (AvgIpc) is 2.99. The first-order valence-electron chi connectivity index (χ1n) is 8.71. The van der Waals surface area contributed by atoms with Crippen LogP contribution in [0.1, 0.15) is 24.0 Å². The normalized spacial score (nSPS) is 15.6. The molecule has 0 atom stereocenters. The number of hydrogen-bond acceptors (Lipinski definition) is 3. The number of carbonyl (C=O) groups is 2. The van der Waals surface area contributed by atoms with Crippen molar-refractivity contribution >= 4 is 22.7 Å². The van der Waals surface area contributed by atoms with Crippen molar-refractivity contribution in [3.63, 3.8) is 0 Å². The number of rotatable bonds is 4. The van der Waals surface area contributed by atoms with Gasteiger partial charge in [-0.15, -0.1) is 0 Å². The molecule has 2 aromatic rings. The Labute approximate surface area is 147 Å². The fourth-order valence-electron chi connectivity index (χ4n) is 3.39. The van der Waals surface area contributed by atoms with E-state index in [2.05, 4.69) is 4.98 Å². The number of carbonyl (C=O) groups excluding carboxylic acids is 2. The zero-order valence-electron chi connectivity index (χ0n) is 14.8. The zero-order valence-corrected chi connectivity index (χ0v) is 14.8. The summed E-state index contributed by atoms with van der Waals surface area (Å²) in [6.45, 7) is 3.23. The van der Waals surface area contributed by atoms with Gasteiger partial charge in [0.1, 0.15) is 0 Å². The molecule has 2 heterocycles. The number of aromatic nitrogens is 1. The standard InChI is InChI=1S/C19H25N3O3/c1-13-4-3-5-16-19(13)14(11-20-16)10-17(24)21(2)12-18(25)22-8-6-15(23)7-9-22/h3-5,11,15,20,23H,6-10,12H2,1-2H3. The van der Waals surface area contributed by atoms with Crippen LogP contribution in [0.3, 0.4) is 0 Å². The lowest BCUT2D eigenvalue weighted by molar-refractivity contribution is -0.140. The van der Waals surface area contributed by atoms with E-state index in [1.165, 1.54) is 4.90 Å². The second-order valence-electron chi connectivity index (χ2n) is 6.85. The minimum absolute atomic E-state index is 0.0575. The molecule has 1 fully saturated rings. The lowest BCUT2D eigenvalue weighted by Gasteiger charge is -2.31. The SMILES string of the molecule is Cc1cccc2[nH]cc(CC(=O)N(C)CC(=O)N3CCC(O)CC3)c12. The minimum atomic E-state index is -0.312.